The number of carbonyl (C=O) groups excluding carboxylic acids is 1. The number of carbonyl (C=O) groups is 1. The molecule has 2 aromatic carbocycles. The van der Waals surface area contributed by atoms with E-state index in [4.69, 9.17) is 24.2 Å². The molecule has 2 aromatic rings. The van der Waals surface area contributed by atoms with Gasteiger partial charge in [0, 0.05) is 11.8 Å². The van der Waals surface area contributed by atoms with Gasteiger partial charge in [-0.1, -0.05) is 0 Å². The van der Waals surface area contributed by atoms with Crippen molar-refractivity contribution in [1.82, 2.24) is 0 Å². The fraction of sp³-hybridized carbons (Fsp3) is 0.391. The van der Waals surface area contributed by atoms with E-state index in [-0.39, 0.29) is 6.10 Å². The first-order chi connectivity index (χ1) is 14.5. The van der Waals surface area contributed by atoms with Crippen molar-refractivity contribution in [3.8, 4) is 17.6 Å². The maximum Gasteiger partial charge on any atom is 0.332 e. The van der Waals surface area contributed by atoms with Crippen LogP contribution < -0.4 is 14.8 Å². The number of ether oxygens (including phenoxy) is 4. The summed E-state index contributed by atoms with van der Waals surface area (Å²) in [7, 11) is 1.34. The number of nitriles is 1. The predicted molar refractivity (Wildman–Crippen MR) is 114 cm³/mol. The normalized spacial score (nSPS) is 11.5. The Hall–Kier alpha value is -3.24. The van der Waals surface area contributed by atoms with Crippen molar-refractivity contribution >= 4 is 11.7 Å². The summed E-state index contributed by atoms with van der Waals surface area (Å²) in [5.74, 6) is 0.700. The Morgan fingerprint density at radius 1 is 1.07 bits per heavy atom. The lowest BCUT2D eigenvalue weighted by atomic mass is 10.1. The highest BCUT2D eigenvalue weighted by Gasteiger charge is 2.23. The number of hydrogen-bond donors (Lipinski definition) is 1. The number of rotatable bonds is 11. The van der Waals surface area contributed by atoms with Gasteiger partial charge < -0.3 is 24.3 Å². The van der Waals surface area contributed by atoms with Gasteiger partial charge in [-0.3, -0.25) is 0 Å². The minimum absolute atomic E-state index is 0.124. The molecular formula is C23H28N2O5. The monoisotopic (exact) mass is 412 g/mol. The Morgan fingerprint density at radius 2 is 1.73 bits per heavy atom. The van der Waals surface area contributed by atoms with Crippen molar-refractivity contribution in [3.05, 3.63) is 53.6 Å². The molecule has 0 fully saturated rings. The van der Waals surface area contributed by atoms with E-state index in [9.17, 15) is 4.79 Å². The molecule has 0 bridgehead atoms. The molecular weight excluding hydrogens is 384 g/mol. The first-order valence-corrected chi connectivity index (χ1v) is 9.83. The molecule has 7 nitrogen and oxygen atoms in total. The average Bonchev–Trinajstić information content (AvgIpc) is 2.75. The van der Waals surface area contributed by atoms with Crippen molar-refractivity contribution in [1.29, 1.82) is 5.26 Å². The smallest absolute Gasteiger partial charge is 0.332 e. The largest absolute Gasteiger partial charge is 0.494 e. The van der Waals surface area contributed by atoms with E-state index in [1.165, 1.54) is 7.11 Å². The van der Waals surface area contributed by atoms with Crippen molar-refractivity contribution in [3.63, 3.8) is 0 Å². The van der Waals surface area contributed by atoms with Gasteiger partial charge in [-0.05, 0) is 62.7 Å². The molecule has 1 unspecified atom stereocenters. The molecule has 0 saturated heterocycles. The lowest BCUT2D eigenvalue weighted by Crippen LogP contribution is -2.22. The van der Waals surface area contributed by atoms with Gasteiger partial charge >= 0.3 is 5.97 Å². The lowest BCUT2D eigenvalue weighted by Gasteiger charge is -2.20. The molecule has 7 heteroatoms. The second kappa shape index (κ2) is 11.7. The molecule has 0 spiro atoms. The van der Waals surface area contributed by atoms with E-state index < -0.39 is 12.0 Å². The Bertz CT molecular complexity index is 859. The zero-order chi connectivity index (χ0) is 21.9. The van der Waals surface area contributed by atoms with Gasteiger partial charge in [0.05, 0.1) is 38.1 Å². The maximum absolute atomic E-state index is 12.5. The topological polar surface area (TPSA) is 89.8 Å². The molecule has 1 N–H and O–H groups in total. The first-order valence-electron chi connectivity index (χ1n) is 9.83. The van der Waals surface area contributed by atoms with E-state index in [0.717, 1.165) is 0 Å². The minimum Gasteiger partial charge on any atom is -0.494 e. The van der Waals surface area contributed by atoms with Crippen LogP contribution in [0.25, 0.3) is 0 Å². The Balaban J connectivity index is 2.28. The second-order valence-electron chi connectivity index (χ2n) is 6.73. The molecule has 30 heavy (non-hydrogen) atoms. The van der Waals surface area contributed by atoms with Crippen LogP contribution in [0, 0.1) is 11.3 Å². The SMILES string of the molecule is CCOc1cc(OCCOC(C)C)cc(C(Nc2ccc(C#N)cc2)C(=O)OC)c1. The Kier molecular flexibility index (Phi) is 8.98. The zero-order valence-corrected chi connectivity index (χ0v) is 17.8. The molecule has 0 saturated carbocycles. The summed E-state index contributed by atoms with van der Waals surface area (Å²) in [6, 6.07) is 13.4. The summed E-state index contributed by atoms with van der Waals surface area (Å²) in [4.78, 5) is 12.5. The summed E-state index contributed by atoms with van der Waals surface area (Å²) in [5.41, 5.74) is 1.85. The van der Waals surface area contributed by atoms with Crippen molar-refractivity contribution in [2.75, 3.05) is 32.2 Å². The van der Waals surface area contributed by atoms with Crippen LogP contribution in [0.4, 0.5) is 5.69 Å². The summed E-state index contributed by atoms with van der Waals surface area (Å²) < 4.78 is 22.0. The third-order valence-electron chi connectivity index (χ3n) is 4.11. The summed E-state index contributed by atoms with van der Waals surface area (Å²) in [5, 5.41) is 12.1. The van der Waals surface area contributed by atoms with Crippen molar-refractivity contribution < 1.29 is 23.7 Å². The fourth-order valence-corrected chi connectivity index (χ4v) is 2.74. The second-order valence-corrected chi connectivity index (χ2v) is 6.73. The summed E-state index contributed by atoms with van der Waals surface area (Å²) in [6.07, 6.45) is 0.124. The Labute approximate surface area is 177 Å². The van der Waals surface area contributed by atoms with E-state index in [1.54, 1.807) is 42.5 Å². The third-order valence-corrected chi connectivity index (χ3v) is 4.11. The zero-order valence-electron chi connectivity index (χ0n) is 17.8. The van der Waals surface area contributed by atoms with Crippen LogP contribution in [-0.4, -0.2) is 39.0 Å². The molecule has 0 aliphatic rings. The van der Waals surface area contributed by atoms with Crippen molar-refractivity contribution in [2.45, 2.75) is 32.9 Å². The van der Waals surface area contributed by atoms with Crippen LogP contribution in [-0.2, 0) is 14.3 Å². The number of nitrogens with zero attached hydrogens (tertiary/aromatic N) is 1. The molecule has 0 aromatic heterocycles. The quantitative estimate of drug-likeness (QED) is 0.439. The lowest BCUT2D eigenvalue weighted by molar-refractivity contribution is -0.141. The molecule has 0 amide bonds. The van der Waals surface area contributed by atoms with Gasteiger partial charge in [-0.25, -0.2) is 4.79 Å². The summed E-state index contributed by atoms with van der Waals surface area (Å²) in [6.45, 7) is 7.11. The van der Waals surface area contributed by atoms with E-state index in [2.05, 4.69) is 11.4 Å². The molecule has 0 radical (unpaired) electrons. The van der Waals surface area contributed by atoms with Crippen LogP contribution in [0.3, 0.4) is 0 Å². The minimum atomic E-state index is -0.780. The molecule has 160 valence electrons. The molecule has 0 heterocycles. The standard InChI is InChI=1S/C23H28N2O5/c1-5-28-20-12-18(13-21(14-20)30-11-10-29-16(2)3)22(23(26)27-4)25-19-8-6-17(15-24)7-9-19/h6-9,12-14,16,22,25H,5,10-11H2,1-4H3. The van der Waals surface area contributed by atoms with Crippen molar-refractivity contribution in [2.24, 2.45) is 0 Å². The first kappa shape index (κ1) is 23.0. The Morgan fingerprint density at radius 3 is 2.30 bits per heavy atom. The molecule has 2 rings (SSSR count). The van der Waals surface area contributed by atoms with Crippen LogP contribution in [0.1, 0.15) is 37.9 Å². The van der Waals surface area contributed by atoms with Gasteiger partial charge in [-0.15, -0.1) is 0 Å². The van der Waals surface area contributed by atoms with E-state index in [1.807, 2.05) is 20.8 Å². The summed E-state index contributed by atoms with van der Waals surface area (Å²) >= 11 is 0. The van der Waals surface area contributed by atoms with Gasteiger partial charge in [0.15, 0.2) is 6.04 Å². The maximum atomic E-state index is 12.5. The number of anilines is 1. The van der Waals surface area contributed by atoms with Crippen LogP contribution >= 0.6 is 0 Å². The number of hydrogen-bond acceptors (Lipinski definition) is 7. The molecule has 0 aliphatic carbocycles. The number of benzene rings is 2. The number of nitrogens with one attached hydrogen (secondary N) is 1. The van der Waals surface area contributed by atoms with Crippen LogP contribution in [0.5, 0.6) is 11.5 Å². The van der Waals surface area contributed by atoms with Crippen LogP contribution in [0.15, 0.2) is 42.5 Å². The van der Waals surface area contributed by atoms with Crippen LogP contribution in [0.2, 0.25) is 0 Å². The molecule has 0 aliphatic heterocycles. The van der Waals surface area contributed by atoms with Gasteiger partial charge in [0.25, 0.3) is 0 Å². The highest BCUT2D eigenvalue weighted by atomic mass is 16.5. The molecule has 1 atom stereocenters. The van der Waals surface area contributed by atoms with E-state index in [0.29, 0.717) is 48.1 Å². The highest BCUT2D eigenvalue weighted by molar-refractivity contribution is 5.81. The van der Waals surface area contributed by atoms with E-state index >= 15 is 0 Å². The van der Waals surface area contributed by atoms with Gasteiger partial charge in [0.1, 0.15) is 18.1 Å². The predicted octanol–water partition coefficient (Wildman–Crippen LogP) is 4.09. The third kappa shape index (κ3) is 6.98. The average molecular weight is 412 g/mol. The highest BCUT2D eigenvalue weighted by Crippen LogP contribution is 2.30. The van der Waals surface area contributed by atoms with Gasteiger partial charge in [-0.2, -0.15) is 5.26 Å². The fourth-order valence-electron chi connectivity index (χ4n) is 2.74. The number of esters is 1. The number of methoxy groups -OCH3 is 1. The van der Waals surface area contributed by atoms with Gasteiger partial charge in [0.2, 0.25) is 0 Å².